The SMILES string of the molecule is CCC(CC)C(=O)/C=C(\O)C(CC)CC.[CH2-]c1c(-c2c3c(cc[n+]2[CH2-])c2ccc([Si](C)(C)C)c4c5ccccc5n3c24)cc(C2CCCCC2)c2ccccc12.[Ir]. The molecule has 0 saturated heterocycles. The van der Waals surface area contributed by atoms with Gasteiger partial charge in [0.05, 0.1) is 42.3 Å². The summed E-state index contributed by atoms with van der Waals surface area (Å²) in [6, 6.07) is 27.5. The van der Waals surface area contributed by atoms with Gasteiger partial charge in [0.25, 0.3) is 0 Å². The predicted molar refractivity (Wildman–Crippen MR) is 242 cm³/mol. The van der Waals surface area contributed by atoms with Gasteiger partial charge in [-0.3, -0.25) is 4.79 Å². The summed E-state index contributed by atoms with van der Waals surface area (Å²) in [6.45, 7) is 20.2. The van der Waals surface area contributed by atoms with Gasteiger partial charge in [-0.05, 0) is 62.0 Å². The maximum absolute atomic E-state index is 11.7. The molecule has 0 atom stereocenters. The van der Waals surface area contributed by atoms with Gasteiger partial charge in [0, 0.05) is 61.2 Å². The molecule has 4 nitrogen and oxygen atoms in total. The number of ketones is 1. The number of allylic oxidation sites excluding steroid dienone is 2. The third-order valence-electron chi connectivity index (χ3n) is 12.9. The number of hydrogen-bond acceptors (Lipinski definition) is 2. The number of carbonyl (C=O) groups excluding carboxylic acids is 1. The van der Waals surface area contributed by atoms with E-state index in [0.717, 1.165) is 36.9 Å². The molecule has 0 spiro atoms. The number of benzene rings is 4. The number of nitrogens with zero attached hydrogens (tertiary/aromatic N) is 2. The second kappa shape index (κ2) is 17.4. The summed E-state index contributed by atoms with van der Waals surface area (Å²) in [5.41, 5.74) is 8.82. The van der Waals surface area contributed by atoms with Gasteiger partial charge in [-0.1, -0.05) is 131 Å². The Bertz CT molecular complexity index is 2560. The molecule has 1 fully saturated rings. The predicted octanol–water partition coefficient (Wildman–Crippen LogP) is 13.2. The molecule has 3 aromatic heterocycles. The zero-order valence-electron chi connectivity index (χ0n) is 35.2. The first kappa shape index (κ1) is 42.5. The summed E-state index contributed by atoms with van der Waals surface area (Å²) in [5.74, 6) is 1.14. The second-order valence-corrected chi connectivity index (χ2v) is 22.3. The minimum atomic E-state index is -1.60. The Balaban J connectivity index is 0.000000295. The molecule has 57 heavy (non-hydrogen) atoms. The largest absolute Gasteiger partial charge is 0.512 e. The van der Waals surface area contributed by atoms with Gasteiger partial charge in [-0.15, -0.1) is 23.1 Å². The molecule has 1 radical (unpaired) electrons. The van der Waals surface area contributed by atoms with E-state index in [1.54, 1.807) is 0 Å². The van der Waals surface area contributed by atoms with E-state index in [1.807, 2.05) is 27.7 Å². The average molecular weight is 954 g/mol. The fourth-order valence-corrected chi connectivity index (χ4v) is 11.3. The minimum Gasteiger partial charge on any atom is -0.512 e. The van der Waals surface area contributed by atoms with Crippen molar-refractivity contribution in [3.8, 4) is 11.3 Å². The minimum absolute atomic E-state index is 0. The Labute approximate surface area is 355 Å². The number of hydrogen-bond donors (Lipinski definition) is 1. The van der Waals surface area contributed by atoms with E-state index in [-0.39, 0.29) is 43.5 Å². The number of aliphatic hydroxyl groups is 1. The van der Waals surface area contributed by atoms with Crippen LogP contribution in [0.1, 0.15) is 103 Å². The zero-order valence-corrected chi connectivity index (χ0v) is 38.6. The monoisotopic (exact) mass is 954 g/mol. The maximum atomic E-state index is 11.7. The van der Waals surface area contributed by atoms with Crippen molar-refractivity contribution >= 4 is 67.9 Å². The second-order valence-electron chi connectivity index (χ2n) is 17.3. The normalized spacial score (nSPS) is 14.3. The standard InChI is InChI=1S/C38H37N2Si.C13H24O2.Ir/c1-24-26-15-9-10-16-27(26)32(25-13-7-6-8-14-25)23-31(24)37-38-29(21-22-39(37)2)28-19-20-34(41(3,4)5)35-30-17-11-12-18-33(30)40(38)36(28)35;1-5-10(6-2)12(14)9-13(15)11(7-3)8-4;/h9-12,15-23,25H,1-2,6-8,13-14H2,3-5H3;9-11,14H,5-8H2,1-4H3;/q-1;;/b;12-9-;. The number of rotatable bonds is 10. The molecule has 6 heteroatoms. The van der Waals surface area contributed by atoms with Crippen molar-refractivity contribution in [1.29, 1.82) is 0 Å². The summed E-state index contributed by atoms with van der Waals surface area (Å²) in [4.78, 5) is 11.7. The molecular weight excluding hydrogens is 893 g/mol. The fourth-order valence-electron chi connectivity index (χ4n) is 9.68. The Kier molecular flexibility index (Phi) is 13.0. The number of carbonyl (C=O) groups is 1. The quantitative estimate of drug-likeness (QED) is 0.0488. The zero-order chi connectivity index (χ0) is 39.9. The first-order valence-electron chi connectivity index (χ1n) is 21.2. The summed E-state index contributed by atoms with van der Waals surface area (Å²) in [5, 5.41) is 19.3. The van der Waals surface area contributed by atoms with Crippen LogP contribution in [0, 0.1) is 25.8 Å². The van der Waals surface area contributed by atoms with Crippen LogP contribution in [0.15, 0.2) is 90.8 Å². The number of aromatic nitrogens is 2. The first-order valence-corrected chi connectivity index (χ1v) is 24.7. The van der Waals surface area contributed by atoms with Gasteiger partial charge < -0.3 is 14.1 Å². The Morgan fingerprint density at radius 1 is 0.807 bits per heavy atom. The van der Waals surface area contributed by atoms with Gasteiger partial charge in [0.15, 0.2) is 5.78 Å². The molecule has 1 saturated carbocycles. The van der Waals surface area contributed by atoms with Gasteiger partial charge in [0.2, 0.25) is 0 Å². The van der Waals surface area contributed by atoms with Crippen LogP contribution >= 0.6 is 0 Å². The smallest absolute Gasteiger partial charge is 0.162 e. The van der Waals surface area contributed by atoms with Crippen molar-refractivity contribution in [3.05, 3.63) is 116 Å². The van der Waals surface area contributed by atoms with Crippen molar-refractivity contribution < 1.29 is 34.6 Å². The van der Waals surface area contributed by atoms with E-state index >= 15 is 0 Å². The van der Waals surface area contributed by atoms with Gasteiger partial charge in [-0.25, -0.2) is 0 Å². The summed E-state index contributed by atoms with van der Waals surface area (Å²) < 4.78 is 4.64. The molecule has 7 aromatic rings. The summed E-state index contributed by atoms with van der Waals surface area (Å²) in [6.07, 6.45) is 13.6. The van der Waals surface area contributed by atoms with E-state index in [9.17, 15) is 9.90 Å². The molecule has 1 aliphatic carbocycles. The molecule has 0 unspecified atom stereocenters. The van der Waals surface area contributed by atoms with Crippen molar-refractivity contribution in [2.24, 2.45) is 11.8 Å². The molecule has 3 heterocycles. The molecule has 0 aliphatic heterocycles. The van der Waals surface area contributed by atoms with Crippen LogP contribution in [0.5, 0.6) is 0 Å². The summed E-state index contributed by atoms with van der Waals surface area (Å²) >= 11 is 0. The van der Waals surface area contributed by atoms with Crippen molar-refractivity contribution in [1.82, 2.24) is 4.40 Å². The van der Waals surface area contributed by atoms with Crippen molar-refractivity contribution in [2.45, 2.75) is 111 Å². The van der Waals surface area contributed by atoms with Crippen LogP contribution in [-0.4, -0.2) is 23.4 Å². The van der Waals surface area contributed by atoms with E-state index in [1.165, 1.54) is 103 Å². The number of aliphatic hydroxyl groups excluding tert-OH is 1. The van der Waals surface area contributed by atoms with Gasteiger partial charge >= 0.3 is 0 Å². The van der Waals surface area contributed by atoms with Crippen LogP contribution in [-0.2, 0) is 24.9 Å². The third-order valence-corrected chi connectivity index (χ3v) is 14.9. The molecule has 1 N–H and O–H groups in total. The molecule has 4 aromatic carbocycles. The van der Waals surface area contributed by atoms with E-state index in [4.69, 9.17) is 6.92 Å². The van der Waals surface area contributed by atoms with Crippen molar-refractivity contribution in [3.63, 3.8) is 0 Å². The van der Waals surface area contributed by atoms with Crippen LogP contribution in [0.3, 0.4) is 0 Å². The van der Waals surface area contributed by atoms with Crippen LogP contribution in [0.4, 0.5) is 0 Å². The van der Waals surface area contributed by atoms with Crippen LogP contribution < -0.4 is 9.75 Å². The molecule has 0 bridgehead atoms. The van der Waals surface area contributed by atoms with Gasteiger partial charge in [0.1, 0.15) is 0 Å². The van der Waals surface area contributed by atoms with Crippen LogP contribution in [0.2, 0.25) is 19.6 Å². The first-order chi connectivity index (χ1) is 26.9. The average Bonchev–Trinajstić information content (AvgIpc) is 3.72. The number of fused-ring (bicyclic) bond motifs is 7. The Morgan fingerprint density at radius 2 is 1.40 bits per heavy atom. The maximum Gasteiger partial charge on any atom is 0.162 e. The van der Waals surface area contributed by atoms with Crippen molar-refractivity contribution in [2.75, 3.05) is 0 Å². The van der Waals surface area contributed by atoms with E-state index in [0.29, 0.717) is 5.92 Å². The molecule has 8 rings (SSSR count). The third kappa shape index (κ3) is 7.66. The van der Waals surface area contributed by atoms with Gasteiger partial charge in [-0.2, -0.15) is 12.5 Å². The van der Waals surface area contributed by atoms with Crippen LogP contribution in [0.25, 0.3) is 60.1 Å². The molecule has 301 valence electrons. The molecule has 0 amide bonds. The molecule has 1 aliphatic rings. The number of para-hydroxylation sites is 1. The van der Waals surface area contributed by atoms with E-state index in [2.05, 4.69) is 115 Å². The topological polar surface area (TPSA) is 45.6 Å². The van der Waals surface area contributed by atoms with E-state index < -0.39 is 8.07 Å². The fraction of sp³-hybridized carbons (Fsp3) is 0.373. The Hall–Kier alpha value is -4.09. The summed E-state index contributed by atoms with van der Waals surface area (Å²) in [7, 11) is 2.97. The molecular formula is C51H61IrN2O2Si-. The number of pyridine rings is 1. The Morgan fingerprint density at radius 3 is 2.04 bits per heavy atom.